The van der Waals surface area contributed by atoms with Gasteiger partial charge >= 0.3 is 0 Å². The van der Waals surface area contributed by atoms with Crippen LogP contribution < -0.4 is 5.32 Å². The third kappa shape index (κ3) is 3.61. The minimum absolute atomic E-state index is 0.132. The Labute approximate surface area is 112 Å². The largest absolute Gasteiger partial charge is 0.306 e. The molecular formula is C16H17F2N. The van der Waals surface area contributed by atoms with Gasteiger partial charge in [0.15, 0.2) is 0 Å². The molecule has 1 atom stereocenters. The van der Waals surface area contributed by atoms with Gasteiger partial charge in [-0.3, -0.25) is 0 Å². The minimum atomic E-state index is -0.541. The lowest BCUT2D eigenvalue weighted by molar-refractivity contribution is 0.553. The molecule has 0 aliphatic rings. The molecule has 0 fully saturated rings. The predicted molar refractivity (Wildman–Crippen MR) is 72.8 cm³/mol. The maximum absolute atomic E-state index is 13.1. The van der Waals surface area contributed by atoms with Gasteiger partial charge in [0.1, 0.15) is 11.6 Å². The summed E-state index contributed by atoms with van der Waals surface area (Å²) in [6.45, 7) is 4.53. The van der Waals surface area contributed by atoms with Crippen LogP contribution in [0, 0.1) is 18.6 Å². The molecule has 2 aromatic carbocycles. The normalized spacial score (nSPS) is 12.4. The summed E-state index contributed by atoms with van der Waals surface area (Å²) in [7, 11) is 0. The van der Waals surface area contributed by atoms with E-state index in [1.54, 1.807) is 0 Å². The van der Waals surface area contributed by atoms with Crippen LogP contribution in [0.2, 0.25) is 0 Å². The van der Waals surface area contributed by atoms with E-state index in [2.05, 4.69) is 24.4 Å². The van der Waals surface area contributed by atoms with E-state index < -0.39 is 11.6 Å². The van der Waals surface area contributed by atoms with Crippen LogP contribution in [0.1, 0.15) is 29.7 Å². The van der Waals surface area contributed by atoms with Crippen molar-refractivity contribution in [3.63, 3.8) is 0 Å². The molecule has 0 bridgehead atoms. The fourth-order valence-electron chi connectivity index (χ4n) is 2.17. The van der Waals surface area contributed by atoms with Crippen molar-refractivity contribution in [1.29, 1.82) is 0 Å². The van der Waals surface area contributed by atoms with Gasteiger partial charge in [-0.25, -0.2) is 8.78 Å². The Balaban J connectivity index is 2.04. The zero-order valence-corrected chi connectivity index (χ0v) is 11.1. The monoisotopic (exact) mass is 261 g/mol. The summed E-state index contributed by atoms with van der Waals surface area (Å²) in [6, 6.07) is 11.8. The van der Waals surface area contributed by atoms with E-state index in [-0.39, 0.29) is 6.04 Å². The summed E-state index contributed by atoms with van der Waals surface area (Å²) in [5.41, 5.74) is 3.00. The highest BCUT2D eigenvalue weighted by Crippen LogP contribution is 2.17. The van der Waals surface area contributed by atoms with Crippen LogP contribution in [-0.4, -0.2) is 0 Å². The van der Waals surface area contributed by atoms with Gasteiger partial charge in [0.05, 0.1) is 0 Å². The lowest BCUT2D eigenvalue weighted by Crippen LogP contribution is -2.19. The molecule has 0 radical (unpaired) electrons. The van der Waals surface area contributed by atoms with Crippen molar-refractivity contribution in [3.8, 4) is 0 Å². The molecule has 2 rings (SSSR count). The Hall–Kier alpha value is -1.74. The number of benzene rings is 2. The van der Waals surface area contributed by atoms with Crippen molar-refractivity contribution in [1.82, 2.24) is 5.32 Å². The fourth-order valence-corrected chi connectivity index (χ4v) is 2.17. The highest BCUT2D eigenvalue weighted by molar-refractivity contribution is 5.28. The Bertz CT molecular complexity index is 546. The highest BCUT2D eigenvalue weighted by Gasteiger charge is 2.08. The zero-order chi connectivity index (χ0) is 13.8. The van der Waals surface area contributed by atoms with E-state index in [1.165, 1.54) is 23.3 Å². The zero-order valence-electron chi connectivity index (χ0n) is 11.1. The molecule has 0 amide bonds. The molecule has 2 aromatic rings. The highest BCUT2D eigenvalue weighted by atomic mass is 19.1. The van der Waals surface area contributed by atoms with Crippen LogP contribution in [-0.2, 0) is 6.54 Å². The standard InChI is InChI=1S/C16H17F2N/c1-11-5-3-4-6-16(11)12(2)19-10-13-7-14(17)9-15(18)8-13/h3-9,12,19H,10H2,1-2H3. The van der Waals surface area contributed by atoms with E-state index in [9.17, 15) is 8.78 Å². The molecule has 19 heavy (non-hydrogen) atoms. The predicted octanol–water partition coefficient (Wildman–Crippen LogP) is 4.12. The molecule has 0 aromatic heterocycles. The van der Waals surface area contributed by atoms with Gasteiger partial charge in [0.25, 0.3) is 0 Å². The molecule has 0 saturated carbocycles. The molecule has 0 saturated heterocycles. The first-order valence-electron chi connectivity index (χ1n) is 6.30. The lowest BCUT2D eigenvalue weighted by atomic mass is 10.0. The van der Waals surface area contributed by atoms with E-state index in [0.29, 0.717) is 12.1 Å². The second-order valence-corrected chi connectivity index (χ2v) is 4.74. The number of rotatable bonds is 4. The molecule has 0 heterocycles. The average Bonchev–Trinajstić information content (AvgIpc) is 2.35. The topological polar surface area (TPSA) is 12.0 Å². The first kappa shape index (κ1) is 13.7. The number of hydrogen-bond donors (Lipinski definition) is 1. The van der Waals surface area contributed by atoms with Gasteiger partial charge in [-0.2, -0.15) is 0 Å². The van der Waals surface area contributed by atoms with Crippen LogP contribution in [0.15, 0.2) is 42.5 Å². The van der Waals surface area contributed by atoms with Crippen molar-refractivity contribution >= 4 is 0 Å². The quantitative estimate of drug-likeness (QED) is 0.872. The number of hydrogen-bond acceptors (Lipinski definition) is 1. The molecule has 0 spiro atoms. The van der Waals surface area contributed by atoms with Crippen LogP contribution in [0.5, 0.6) is 0 Å². The Kier molecular flexibility index (Phi) is 4.27. The third-order valence-electron chi connectivity index (χ3n) is 3.19. The minimum Gasteiger partial charge on any atom is -0.306 e. The van der Waals surface area contributed by atoms with Gasteiger partial charge in [-0.15, -0.1) is 0 Å². The van der Waals surface area contributed by atoms with Crippen LogP contribution in [0.3, 0.4) is 0 Å². The third-order valence-corrected chi connectivity index (χ3v) is 3.19. The average molecular weight is 261 g/mol. The van der Waals surface area contributed by atoms with Crippen molar-refractivity contribution in [3.05, 3.63) is 70.8 Å². The summed E-state index contributed by atoms with van der Waals surface area (Å²) < 4.78 is 26.1. The fraction of sp³-hybridized carbons (Fsp3) is 0.250. The molecule has 1 nitrogen and oxygen atoms in total. The van der Waals surface area contributed by atoms with Crippen LogP contribution in [0.4, 0.5) is 8.78 Å². The van der Waals surface area contributed by atoms with E-state index >= 15 is 0 Å². The van der Waals surface area contributed by atoms with Gasteiger partial charge in [0.2, 0.25) is 0 Å². The van der Waals surface area contributed by atoms with E-state index in [4.69, 9.17) is 0 Å². The summed E-state index contributed by atoms with van der Waals surface area (Å²) in [6.07, 6.45) is 0. The maximum atomic E-state index is 13.1. The van der Waals surface area contributed by atoms with E-state index in [0.717, 1.165) is 6.07 Å². The van der Waals surface area contributed by atoms with Crippen molar-refractivity contribution in [2.45, 2.75) is 26.4 Å². The molecular weight excluding hydrogens is 244 g/mol. The Morgan fingerprint density at radius 3 is 2.32 bits per heavy atom. The second-order valence-electron chi connectivity index (χ2n) is 4.74. The van der Waals surface area contributed by atoms with Crippen LogP contribution >= 0.6 is 0 Å². The molecule has 1 unspecified atom stereocenters. The number of aryl methyl sites for hydroxylation is 1. The lowest BCUT2D eigenvalue weighted by Gasteiger charge is -2.16. The van der Waals surface area contributed by atoms with Gasteiger partial charge in [-0.1, -0.05) is 24.3 Å². The molecule has 0 aliphatic heterocycles. The van der Waals surface area contributed by atoms with Gasteiger partial charge < -0.3 is 5.32 Å². The van der Waals surface area contributed by atoms with Crippen LogP contribution in [0.25, 0.3) is 0 Å². The number of halogens is 2. The maximum Gasteiger partial charge on any atom is 0.126 e. The molecule has 0 aliphatic carbocycles. The van der Waals surface area contributed by atoms with Crippen molar-refractivity contribution in [2.75, 3.05) is 0 Å². The smallest absolute Gasteiger partial charge is 0.126 e. The Morgan fingerprint density at radius 2 is 1.68 bits per heavy atom. The van der Waals surface area contributed by atoms with Gasteiger partial charge in [0, 0.05) is 18.7 Å². The Morgan fingerprint density at radius 1 is 1.05 bits per heavy atom. The first-order chi connectivity index (χ1) is 9.06. The summed E-state index contributed by atoms with van der Waals surface area (Å²) in [5, 5.41) is 3.28. The number of nitrogens with one attached hydrogen (secondary N) is 1. The molecule has 3 heteroatoms. The van der Waals surface area contributed by atoms with E-state index in [1.807, 2.05) is 19.1 Å². The first-order valence-corrected chi connectivity index (χ1v) is 6.30. The van der Waals surface area contributed by atoms with Gasteiger partial charge in [-0.05, 0) is 42.7 Å². The molecule has 1 N–H and O–H groups in total. The van der Waals surface area contributed by atoms with Crippen molar-refractivity contribution < 1.29 is 8.78 Å². The SMILES string of the molecule is Cc1ccccc1C(C)NCc1cc(F)cc(F)c1. The van der Waals surface area contributed by atoms with Crippen molar-refractivity contribution in [2.24, 2.45) is 0 Å². The molecule has 100 valence electrons. The summed E-state index contributed by atoms with van der Waals surface area (Å²) in [5.74, 6) is -1.08. The summed E-state index contributed by atoms with van der Waals surface area (Å²) in [4.78, 5) is 0. The second kappa shape index (κ2) is 5.93. The summed E-state index contributed by atoms with van der Waals surface area (Å²) >= 11 is 0.